The van der Waals surface area contributed by atoms with Gasteiger partial charge in [-0.25, -0.2) is 0 Å². The van der Waals surface area contributed by atoms with E-state index in [2.05, 4.69) is 34.5 Å². The number of nitrogens with zero attached hydrogens (tertiary/aromatic N) is 1. The predicted octanol–water partition coefficient (Wildman–Crippen LogP) is 1.97. The van der Waals surface area contributed by atoms with E-state index in [1.165, 1.54) is 32.4 Å². The normalized spacial score (nSPS) is 26.4. The minimum Gasteiger partial charge on any atom is -0.314 e. The second-order valence-corrected chi connectivity index (χ2v) is 4.89. The number of benzene rings is 1. The monoisotopic (exact) mass is 216 g/mol. The number of fused-ring (bicyclic) bond motifs is 1. The van der Waals surface area contributed by atoms with Gasteiger partial charge >= 0.3 is 0 Å². The molecule has 0 bridgehead atoms. The molecule has 0 spiro atoms. The number of piperazine rings is 1. The summed E-state index contributed by atoms with van der Waals surface area (Å²) in [6.07, 6.45) is 3.97. The molecule has 3 rings (SSSR count). The van der Waals surface area contributed by atoms with Crippen molar-refractivity contribution in [3.63, 3.8) is 0 Å². The lowest BCUT2D eigenvalue weighted by molar-refractivity contribution is 0.158. The maximum atomic E-state index is 3.44. The predicted molar refractivity (Wildman–Crippen MR) is 66.6 cm³/mol. The summed E-state index contributed by atoms with van der Waals surface area (Å²) in [4.78, 5) is 2.66. The Kier molecular flexibility index (Phi) is 2.94. The quantitative estimate of drug-likeness (QED) is 0.772. The molecular weight excluding hydrogens is 196 g/mol. The van der Waals surface area contributed by atoms with Gasteiger partial charge in [-0.2, -0.15) is 0 Å². The topological polar surface area (TPSA) is 15.3 Å². The van der Waals surface area contributed by atoms with Gasteiger partial charge in [0.25, 0.3) is 0 Å². The van der Waals surface area contributed by atoms with Crippen LogP contribution in [0, 0.1) is 0 Å². The molecule has 1 aliphatic heterocycles. The van der Waals surface area contributed by atoms with Crippen molar-refractivity contribution in [3.05, 3.63) is 35.4 Å². The molecule has 1 aliphatic carbocycles. The molecule has 0 saturated carbocycles. The van der Waals surface area contributed by atoms with Crippen molar-refractivity contribution in [1.82, 2.24) is 10.2 Å². The summed E-state index contributed by atoms with van der Waals surface area (Å²) >= 11 is 0. The summed E-state index contributed by atoms with van der Waals surface area (Å²) in [5, 5.41) is 3.44. The van der Waals surface area contributed by atoms with Gasteiger partial charge in [-0.1, -0.05) is 24.3 Å². The van der Waals surface area contributed by atoms with Crippen molar-refractivity contribution in [2.24, 2.45) is 0 Å². The number of rotatable bonds is 1. The fourth-order valence-corrected chi connectivity index (χ4v) is 3.10. The first-order chi connectivity index (χ1) is 7.95. The molecule has 1 aromatic rings. The van der Waals surface area contributed by atoms with Crippen LogP contribution in [0.4, 0.5) is 0 Å². The smallest absolute Gasteiger partial charge is 0.0352 e. The lowest BCUT2D eigenvalue weighted by Crippen LogP contribution is -2.45. The zero-order chi connectivity index (χ0) is 10.8. The van der Waals surface area contributed by atoms with Gasteiger partial charge in [0.05, 0.1) is 0 Å². The molecule has 0 unspecified atom stereocenters. The van der Waals surface area contributed by atoms with E-state index >= 15 is 0 Å². The van der Waals surface area contributed by atoms with Crippen LogP contribution in [-0.4, -0.2) is 31.1 Å². The van der Waals surface area contributed by atoms with Crippen LogP contribution < -0.4 is 5.32 Å². The third-order valence-corrected chi connectivity index (χ3v) is 3.93. The van der Waals surface area contributed by atoms with Gasteiger partial charge in [0, 0.05) is 32.2 Å². The first kappa shape index (κ1) is 10.3. The molecule has 2 heteroatoms. The largest absolute Gasteiger partial charge is 0.314 e. The van der Waals surface area contributed by atoms with E-state index in [1.807, 2.05) is 0 Å². The Bertz CT molecular complexity index is 356. The van der Waals surface area contributed by atoms with Crippen LogP contribution in [0.2, 0.25) is 0 Å². The van der Waals surface area contributed by atoms with Crippen LogP contribution in [0.25, 0.3) is 0 Å². The summed E-state index contributed by atoms with van der Waals surface area (Å²) < 4.78 is 0. The molecule has 2 aliphatic rings. The van der Waals surface area contributed by atoms with Gasteiger partial charge in [0.2, 0.25) is 0 Å². The molecule has 1 atom stereocenters. The first-order valence-corrected chi connectivity index (χ1v) is 6.48. The molecule has 0 aromatic heterocycles. The highest BCUT2D eigenvalue weighted by atomic mass is 15.2. The summed E-state index contributed by atoms with van der Waals surface area (Å²) in [6, 6.07) is 9.70. The molecule has 0 amide bonds. The maximum Gasteiger partial charge on any atom is 0.0352 e. The van der Waals surface area contributed by atoms with Crippen molar-refractivity contribution in [1.29, 1.82) is 0 Å². The Hall–Kier alpha value is -0.860. The fraction of sp³-hybridized carbons (Fsp3) is 0.571. The van der Waals surface area contributed by atoms with E-state index in [-0.39, 0.29) is 0 Å². The van der Waals surface area contributed by atoms with Crippen molar-refractivity contribution in [2.75, 3.05) is 26.2 Å². The highest BCUT2D eigenvalue weighted by molar-refractivity contribution is 5.32. The molecule has 86 valence electrons. The summed E-state index contributed by atoms with van der Waals surface area (Å²) in [6.45, 7) is 4.72. The molecule has 0 radical (unpaired) electrons. The van der Waals surface area contributed by atoms with Crippen LogP contribution in [-0.2, 0) is 6.42 Å². The number of hydrogen-bond acceptors (Lipinski definition) is 2. The van der Waals surface area contributed by atoms with E-state index < -0.39 is 0 Å². The average molecular weight is 216 g/mol. The molecule has 1 N–H and O–H groups in total. The molecule has 1 aromatic carbocycles. The molecule has 2 nitrogen and oxygen atoms in total. The highest BCUT2D eigenvalue weighted by Gasteiger charge is 2.26. The lowest BCUT2D eigenvalue weighted by atomic mass is 9.86. The highest BCUT2D eigenvalue weighted by Crippen LogP contribution is 2.33. The van der Waals surface area contributed by atoms with Crippen LogP contribution in [0.15, 0.2) is 24.3 Å². The first-order valence-electron chi connectivity index (χ1n) is 6.48. The van der Waals surface area contributed by atoms with Crippen molar-refractivity contribution in [2.45, 2.75) is 25.3 Å². The minimum atomic E-state index is 0.687. The van der Waals surface area contributed by atoms with Gasteiger partial charge < -0.3 is 5.32 Å². The van der Waals surface area contributed by atoms with E-state index in [1.54, 1.807) is 11.1 Å². The molecule has 1 fully saturated rings. The molecular formula is C14H20N2. The Labute approximate surface area is 97.6 Å². The third kappa shape index (κ3) is 1.87. The van der Waals surface area contributed by atoms with Crippen molar-refractivity contribution >= 4 is 0 Å². The average Bonchev–Trinajstić information content (AvgIpc) is 2.39. The summed E-state index contributed by atoms with van der Waals surface area (Å²) in [5.41, 5.74) is 3.17. The number of aryl methyl sites for hydroxylation is 1. The van der Waals surface area contributed by atoms with E-state index in [9.17, 15) is 0 Å². The fourth-order valence-electron chi connectivity index (χ4n) is 3.10. The van der Waals surface area contributed by atoms with Crippen LogP contribution in [0.5, 0.6) is 0 Å². The van der Waals surface area contributed by atoms with Gasteiger partial charge in [0.1, 0.15) is 0 Å². The van der Waals surface area contributed by atoms with Gasteiger partial charge in [-0.15, -0.1) is 0 Å². The van der Waals surface area contributed by atoms with Crippen molar-refractivity contribution in [3.8, 4) is 0 Å². The van der Waals surface area contributed by atoms with E-state index in [4.69, 9.17) is 0 Å². The third-order valence-electron chi connectivity index (χ3n) is 3.93. The standard InChI is InChI=1S/C14H20N2/c1-2-6-13-12(4-1)5-3-7-14(13)16-10-8-15-9-11-16/h1-2,4,6,14-15H,3,5,7-11H2/t14-/m0/s1. The Balaban J connectivity index is 1.86. The van der Waals surface area contributed by atoms with E-state index in [0.29, 0.717) is 6.04 Å². The van der Waals surface area contributed by atoms with Gasteiger partial charge in [-0.05, 0) is 30.4 Å². The Morgan fingerprint density at radius 1 is 1.12 bits per heavy atom. The molecule has 1 saturated heterocycles. The van der Waals surface area contributed by atoms with Crippen LogP contribution in [0.3, 0.4) is 0 Å². The number of hydrogen-bond donors (Lipinski definition) is 1. The van der Waals surface area contributed by atoms with Crippen molar-refractivity contribution < 1.29 is 0 Å². The Morgan fingerprint density at radius 2 is 1.94 bits per heavy atom. The lowest BCUT2D eigenvalue weighted by Gasteiger charge is -2.38. The van der Waals surface area contributed by atoms with E-state index in [0.717, 1.165) is 13.1 Å². The van der Waals surface area contributed by atoms with Gasteiger partial charge in [0.15, 0.2) is 0 Å². The zero-order valence-electron chi connectivity index (χ0n) is 9.78. The maximum absolute atomic E-state index is 3.44. The molecule has 1 heterocycles. The summed E-state index contributed by atoms with van der Waals surface area (Å²) in [7, 11) is 0. The van der Waals surface area contributed by atoms with Crippen LogP contribution in [0.1, 0.15) is 30.0 Å². The van der Waals surface area contributed by atoms with Crippen LogP contribution >= 0.6 is 0 Å². The number of nitrogens with one attached hydrogen (secondary N) is 1. The zero-order valence-corrected chi connectivity index (χ0v) is 9.78. The minimum absolute atomic E-state index is 0.687. The SMILES string of the molecule is c1ccc2c(c1)CCC[C@@H]2N1CCNCC1. The summed E-state index contributed by atoms with van der Waals surface area (Å²) in [5.74, 6) is 0. The van der Waals surface area contributed by atoms with Gasteiger partial charge in [-0.3, -0.25) is 4.90 Å². The molecule has 16 heavy (non-hydrogen) atoms. The second-order valence-electron chi connectivity index (χ2n) is 4.89. The Morgan fingerprint density at radius 3 is 2.81 bits per heavy atom. The second kappa shape index (κ2) is 4.56.